The number of nitrogens with one attached hydrogen (secondary N) is 1. The highest BCUT2D eigenvalue weighted by Crippen LogP contribution is 2.32. The topological polar surface area (TPSA) is 30.5 Å². The summed E-state index contributed by atoms with van der Waals surface area (Å²) >= 11 is 7.01. The van der Waals surface area contributed by atoms with Gasteiger partial charge in [-0.2, -0.15) is 0 Å². The Morgan fingerprint density at radius 3 is 2.65 bits per heavy atom. The maximum absolute atomic E-state index is 5.55. The van der Waals surface area contributed by atoms with Gasteiger partial charge in [-0.05, 0) is 46.9 Å². The number of halogens is 2. The molecule has 20 heavy (non-hydrogen) atoms. The summed E-state index contributed by atoms with van der Waals surface area (Å²) in [6, 6.07) is 4.06. The largest absolute Gasteiger partial charge is 0.495 e. The SMILES string of the molecule is COc1c(Br)cc(Br)cc1CNCCCOCC(C)C. The van der Waals surface area contributed by atoms with E-state index in [0.29, 0.717) is 5.92 Å². The lowest BCUT2D eigenvalue weighted by Gasteiger charge is -2.12. The molecule has 3 nitrogen and oxygen atoms in total. The fourth-order valence-electron chi connectivity index (χ4n) is 1.81. The van der Waals surface area contributed by atoms with Crippen molar-refractivity contribution in [2.45, 2.75) is 26.8 Å². The average molecular weight is 409 g/mol. The standard InChI is InChI=1S/C15H23Br2NO2/c1-11(2)10-20-6-4-5-18-9-12-7-13(16)8-14(17)15(12)19-3/h7-8,11,18H,4-6,9-10H2,1-3H3. The quantitative estimate of drug-likeness (QED) is 0.615. The molecule has 0 unspecified atom stereocenters. The molecule has 1 aromatic carbocycles. The molecule has 0 fully saturated rings. The minimum absolute atomic E-state index is 0.603. The van der Waals surface area contributed by atoms with Crippen LogP contribution in [0.25, 0.3) is 0 Å². The third-order valence-corrected chi connectivity index (χ3v) is 3.75. The molecule has 0 saturated carbocycles. The lowest BCUT2D eigenvalue weighted by molar-refractivity contribution is 0.108. The second-order valence-corrected chi connectivity index (χ2v) is 6.85. The van der Waals surface area contributed by atoms with E-state index in [2.05, 4.69) is 57.1 Å². The fraction of sp³-hybridized carbons (Fsp3) is 0.600. The molecule has 0 aliphatic heterocycles. The van der Waals surface area contributed by atoms with Gasteiger partial charge < -0.3 is 14.8 Å². The van der Waals surface area contributed by atoms with Crippen molar-refractivity contribution in [1.29, 1.82) is 0 Å². The summed E-state index contributed by atoms with van der Waals surface area (Å²) in [6.07, 6.45) is 1.02. The molecule has 114 valence electrons. The first-order valence-corrected chi connectivity index (χ1v) is 8.43. The summed E-state index contributed by atoms with van der Waals surface area (Å²) < 4.78 is 13.0. The third kappa shape index (κ3) is 6.57. The van der Waals surface area contributed by atoms with E-state index in [1.807, 2.05) is 6.07 Å². The summed E-state index contributed by atoms with van der Waals surface area (Å²) in [5, 5.41) is 3.42. The molecule has 0 spiro atoms. The monoisotopic (exact) mass is 407 g/mol. The second kappa shape index (κ2) is 9.77. The first kappa shape index (κ1) is 18.0. The second-order valence-electron chi connectivity index (χ2n) is 5.08. The van der Waals surface area contributed by atoms with E-state index < -0.39 is 0 Å². The Morgan fingerprint density at radius 2 is 2.00 bits per heavy atom. The molecule has 0 aliphatic rings. The number of ether oxygens (including phenoxy) is 2. The van der Waals surface area contributed by atoms with Crippen LogP contribution in [0.5, 0.6) is 5.75 Å². The van der Waals surface area contributed by atoms with Crippen molar-refractivity contribution in [3.63, 3.8) is 0 Å². The minimum atomic E-state index is 0.603. The average Bonchev–Trinajstić information content (AvgIpc) is 2.36. The molecule has 0 bridgehead atoms. The van der Waals surface area contributed by atoms with Crippen LogP contribution in [0.15, 0.2) is 21.1 Å². The van der Waals surface area contributed by atoms with Gasteiger partial charge in [0.2, 0.25) is 0 Å². The Bertz CT molecular complexity index is 411. The van der Waals surface area contributed by atoms with Crippen LogP contribution >= 0.6 is 31.9 Å². The van der Waals surface area contributed by atoms with E-state index >= 15 is 0 Å². The predicted molar refractivity (Wildman–Crippen MR) is 90.4 cm³/mol. The molecule has 0 amide bonds. The van der Waals surface area contributed by atoms with Gasteiger partial charge in [-0.15, -0.1) is 0 Å². The Morgan fingerprint density at radius 1 is 1.25 bits per heavy atom. The van der Waals surface area contributed by atoms with E-state index in [-0.39, 0.29) is 0 Å². The fourth-order valence-corrected chi connectivity index (χ4v) is 3.29. The number of methoxy groups -OCH3 is 1. The zero-order valence-corrected chi connectivity index (χ0v) is 15.5. The van der Waals surface area contributed by atoms with Crippen molar-refractivity contribution in [3.8, 4) is 5.75 Å². The van der Waals surface area contributed by atoms with Crippen molar-refractivity contribution in [2.75, 3.05) is 26.9 Å². The molecule has 0 radical (unpaired) electrons. The van der Waals surface area contributed by atoms with Crippen LogP contribution in [-0.4, -0.2) is 26.9 Å². The molecule has 1 rings (SSSR count). The lowest BCUT2D eigenvalue weighted by Crippen LogP contribution is -2.17. The Kier molecular flexibility index (Phi) is 8.77. The minimum Gasteiger partial charge on any atom is -0.495 e. The van der Waals surface area contributed by atoms with Gasteiger partial charge in [-0.1, -0.05) is 29.8 Å². The van der Waals surface area contributed by atoms with Gasteiger partial charge in [0, 0.05) is 29.8 Å². The molecule has 0 aliphatic carbocycles. The highest BCUT2D eigenvalue weighted by molar-refractivity contribution is 9.11. The first-order valence-electron chi connectivity index (χ1n) is 6.85. The molecule has 1 aromatic rings. The van der Waals surface area contributed by atoms with Crippen molar-refractivity contribution in [1.82, 2.24) is 5.32 Å². The summed E-state index contributed by atoms with van der Waals surface area (Å²) in [7, 11) is 1.69. The Hall–Kier alpha value is -0.100. The maximum Gasteiger partial charge on any atom is 0.137 e. The van der Waals surface area contributed by atoms with Gasteiger partial charge in [0.25, 0.3) is 0 Å². The molecule has 0 atom stereocenters. The van der Waals surface area contributed by atoms with Crippen molar-refractivity contribution in [2.24, 2.45) is 5.92 Å². The van der Waals surface area contributed by atoms with Gasteiger partial charge in [0.15, 0.2) is 0 Å². The normalized spacial score (nSPS) is 11.1. The van der Waals surface area contributed by atoms with E-state index in [1.165, 1.54) is 0 Å². The molecule has 0 heterocycles. The van der Waals surface area contributed by atoms with Crippen molar-refractivity contribution >= 4 is 31.9 Å². The van der Waals surface area contributed by atoms with Crippen LogP contribution < -0.4 is 10.1 Å². The number of hydrogen-bond donors (Lipinski definition) is 1. The van der Waals surface area contributed by atoms with Crippen LogP contribution in [0, 0.1) is 5.92 Å². The number of rotatable bonds is 9. The van der Waals surface area contributed by atoms with Gasteiger partial charge in [-0.3, -0.25) is 0 Å². The van der Waals surface area contributed by atoms with Crippen molar-refractivity contribution < 1.29 is 9.47 Å². The molecule has 0 saturated heterocycles. The molecular formula is C15H23Br2NO2. The van der Waals surface area contributed by atoms with E-state index in [0.717, 1.165) is 53.0 Å². The van der Waals surface area contributed by atoms with E-state index in [4.69, 9.17) is 9.47 Å². The van der Waals surface area contributed by atoms with Gasteiger partial charge in [0.1, 0.15) is 5.75 Å². The summed E-state index contributed by atoms with van der Waals surface area (Å²) in [4.78, 5) is 0. The Balaban J connectivity index is 2.31. The van der Waals surface area contributed by atoms with Crippen LogP contribution in [0.4, 0.5) is 0 Å². The van der Waals surface area contributed by atoms with Gasteiger partial charge >= 0.3 is 0 Å². The first-order chi connectivity index (χ1) is 9.54. The predicted octanol–water partition coefficient (Wildman–Crippen LogP) is 4.37. The zero-order valence-electron chi connectivity index (χ0n) is 12.3. The van der Waals surface area contributed by atoms with E-state index in [9.17, 15) is 0 Å². The number of benzene rings is 1. The summed E-state index contributed by atoms with van der Waals surface area (Å²) in [5.74, 6) is 1.49. The summed E-state index contributed by atoms with van der Waals surface area (Å²) in [6.45, 7) is 7.69. The van der Waals surface area contributed by atoms with Crippen LogP contribution in [0.3, 0.4) is 0 Å². The third-order valence-electron chi connectivity index (χ3n) is 2.70. The lowest BCUT2D eigenvalue weighted by atomic mass is 10.2. The molecule has 1 N–H and O–H groups in total. The highest BCUT2D eigenvalue weighted by atomic mass is 79.9. The van der Waals surface area contributed by atoms with E-state index in [1.54, 1.807) is 7.11 Å². The van der Waals surface area contributed by atoms with Crippen LogP contribution in [0.2, 0.25) is 0 Å². The molecular weight excluding hydrogens is 386 g/mol. The molecule has 0 aromatic heterocycles. The summed E-state index contributed by atoms with van der Waals surface area (Å²) in [5.41, 5.74) is 1.14. The Labute approximate surface area is 138 Å². The smallest absolute Gasteiger partial charge is 0.137 e. The highest BCUT2D eigenvalue weighted by Gasteiger charge is 2.08. The molecule has 5 heteroatoms. The zero-order chi connectivity index (χ0) is 15.0. The number of hydrogen-bond acceptors (Lipinski definition) is 3. The van der Waals surface area contributed by atoms with Gasteiger partial charge in [-0.25, -0.2) is 0 Å². The van der Waals surface area contributed by atoms with Crippen LogP contribution in [-0.2, 0) is 11.3 Å². The maximum atomic E-state index is 5.55. The van der Waals surface area contributed by atoms with Crippen molar-refractivity contribution in [3.05, 3.63) is 26.6 Å². The van der Waals surface area contributed by atoms with Gasteiger partial charge in [0.05, 0.1) is 11.6 Å². The van der Waals surface area contributed by atoms with Crippen LogP contribution in [0.1, 0.15) is 25.8 Å².